The number of nitrogens with one attached hydrogen (secondary N) is 2. The van der Waals surface area contributed by atoms with Gasteiger partial charge in [0.25, 0.3) is 0 Å². The fourth-order valence-electron chi connectivity index (χ4n) is 2.50. The molecule has 0 bridgehead atoms. The average molecular weight is 431 g/mol. The molecule has 0 saturated carbocycles. The van der Waals surface area contributed by atoms with Crippen LogP contribution in [-0.4, -0.2) is 47.9 Å². The van der Waals surface area contributed by atoms with Crippen molar-refractivity contribution in [3.63, 3.8) is 0 Å². The van der Waals surface area contributed by atoms with Crippen LogP contribution in [0, 0.1) is 5.41 Å². The molecule has 2 heterocycles. The number of halogens is 1. The van der Waals surface area contributed by atoms with Crippen LogP contribution in [0.3, 0.4) is 0 Å². The van der Waals surface area contributed by atoms with Crippen LogP contribution in [0.2, 0.25) is 0 Å². The number of hydrogen-bond acceptors (Lipinski definition) is 3. The second-order valence-corrected chi connectivity index (χ2v) is 6.30. The van der Waals surface area contributed by atoms with Crippen molar-refractivity contribution < 1.29 is 4.79 Å². The van der Waals surface area contributed by atoms with E-state index >= 15 is 0 Å². The van der Waals surface area contributed by atoms with Crippen LogP contribution in [0.4, 0.5) is 5.69 Å². The molecule has 1 saturated heterocycles. The lowest BCUT2D eigenvalue weighted by Gasteiger charge is -2.23. The molecule has 0 aromatic carbocycles. The van der Waals surface area contributed by atoms with Gasteiger partial charge in [0.1, 0.15) is 6.54 Å². The Hall–Kier alpha value is -1.38. The van der Waals surface area contributed by atoms with Crippen LogP contribution in [0.5, 0.6) is 0 Å². The van der Waals surface area contributed by atoms with E-state index in [9.17, 15) is 4.79 Å². The van der Waals surface area contributed by atoms with E-state index in [-0.39, 0.29) is 36.4 Å². The first-order chi connectivity index (χ1) is 10.5. The number of guanidine groups is 1. The van der Waals surface area contributed by atoms with Crippen LogP contribution >= 0.6 is 24.0 Å². The van der Waals surface area contributed by atoms with Gasteiger partial charge in [0.15, 0.2) is 5.96 Å². The molecule has 2 rings (SSSR count). The van der Waals surface area contributed by atoms with Gasteiger partial charge in [-0.2, -0.15) is 0 Å². The van der Waals surface area contributed by atoms with Crippen LogP contribution in [-0.2, 0) is 4.79 Å². The predicted molar refractivity (Wildman–Crippen MR) is 104 cm³/mol. The minimum atomic E-state index is -0.137. The summed E-state index contributed by atoms with van der Waals surface area (Å²) in [6.45, 7) is 9.38. The molecule has 0 unspecified atom stereocenters. The highest BCUT2D eigenvalue weighted by Crippen LogP contribution is 2.28. The van der Waals surface area contributed by atoms with Crippen LogP contribution < -0.4 is 10.6 Å². The molecule has 0 spiro atoms. The Balaban J connectivity index is 0.00000264. The molecule has 128 valence electrons. The Morgan fingerprint density at radius 1 is 1.48 bits per heavy atom. The molecule has 0 aliphatic carbocycles. The Labute approximate surface area is 155 Å². The van der Waals surface area contributed by atoms with E-state index in [4.69, 9.17) is 0 Å². The second-order valence-electron chi connectivity index (χ2n) is 6.30. The topological polar surface area (TPSA) is 69.6 Å². The molecular formula is C16H26IN5O. The number of hydrogen-bond donors (Lipinski definition) is 2. The van der Waals surface area contributed by atoms with Gasteiger partial charge in [-0.15, -0.1) is 24.0 Å². The summed E-state index contributed by atoms with van der Waals surface area (Å²) in [4.78, 5) is 22.6. The van der Waals surface area contributed by atoms with Gasteiger partial charge in [-0.25, -0.2) is 4.99 Å². The van der Waals surface area contributed by atoms with Gasteiger partial charge in [0.05, 0.1) is 11.9 Å². The van der Waals surface area contributed by atoms with Crippen molar-refractivity contribution in [1.29, 1.82) is 0 Å². The third kappa shape index (κ3) is 6.32. The predicted octanol–water partition coefficient (Wildman–Crippen LogP) is 2.34. The van der Waals surface area contributed by atoms with Gasteiger partial charge in [0, 0.05) is 25.8 Å². The Morgan fingerprint density at radius 2 is 2.26 bits per heavy atom. The lowest BCUT2D eigenvalue weighted by molar-refractivity contribution is -0.114. The smallest absolute Gasteiger partial charge is 0.246 e. The molecule has 23 heavy (non-hydrogen) atoms. The number of amides is 1. The number of aliphatic imine (C=N–C) groups is 1. The van der Waals surface area contributed by atoms with Crippen LogP contribution in [0.15, 0.2) is 29.5 Å². The molecule has 0 radical (unpaired) electrons. The van der Waals surface area contributed by atoms with Crippen molar-refractivity contribution in [3.05, 3.63) is 24.5 Å². The van der Waals surface area contributed by atoms with Crippen molar-refractivity contribution in [2.45, 2.75) is 27.2 Å². The zero-order valence-corrected chi connectivity index (χ0v) is 16.3. The number of carbonyl (C=O) groups excluding carboxylic acids is 1. The van der Waals surface area contributed by atoms with E-state index in [0.717, 1.165) is 32.0 Å². The minimum absolute atomic E-state index is 0. The van der Waals surface area contributed by atoms with E-state index in [2.05, 4.69) is 39.4 Å². The quantitative estimate of drug-likeness (QED) is 0.436. The summed E-state index contributed by atoms with van der Waals surface area (Å²) < 4.78 is 0. The third-order valence-corrected chi connectivity index (χ3v) is 3.63. The highest BCUT2D eigenvalue weighted by molar-refractivity contribution is 14.0. The van der Waals surface area contributed by atoms with Crippen molar-refractivity contribution in [3.8, 4) is 0 Å². The van der Waals surface area contributed by atoms with Crippen molar-refractivity contribution in [1.82, 2.24) is 15.2 Å². The van der Waals surface area contributed by atoms with Gasteiger partial charge >= 0.3 is 0 Å². The average Bonchev–Trinajstić information content (AvgIpc) is 2.84. The minimum Gasteiger partial charge on any atom is -0.357 e. The molecule has 2 N–H and O–H groups in total. The Kier molecular flexibility index (Phi) is 7.74. The number of pyridine rings is 1. The number of likely N-dealkylation sites (tertiary alicyclic amines) is 1. The highest BCUT2D eigenvalue weighted by Gasteiger charge is 2.30. The first-order valence-electron chi connectivity index (χ1n) is 7.73. The largest absolute Gasteiger partial charge is 0.357 e. The van der Waals surface area contributed by atoms with E-state index in [1.807, 2.05) is 13.0 Å². The molecule has 1 aromatic rings. The fourth-order valence-corrected chi connectivity index (χ4v) is 2.50. The van der Waals surface area contributed by atoms with Crippen molar-refractivity contribution >= 4 is 41.5 Å². The van der Waals surface area contributed by atoms with E-state index in [1.54, 1.807) is 18.5 Å². The van der Waals surface area contributed by atoms with E-state index in [0.29, 0.717) is 11.1 Å². The van der Waals surface area contributed by atoms with Crippen molar-refractivity contribution in [2.24, 2.45) is 10.4 Å². The number of rotatable bonds is 4. The first kappa shape index (κ1) is 19.7. The summed E-state index contributed by atoms with van der Waals surface area (Å²) in [7, 11) is 0. The van der Waals surface area contributed by atoms with Gasteiger partial charge in [-0.1, -0.05) is 13.8 Å². The first-order valence-corrected chi connectivity index (χ1v) is 7.73. The Bertz CT molecular complexity index is 533. The van der Waals surface area contributed by atoms with Crippen molar-refractivity contribution in [2.75, 3.05) is 31.5 Å². The zero-order valence-electron chi connectivity index (χ0n) is 14.0. The fraction of sp³-hybridized carbons (Fsp3) is 0.562. The molecule has 7 heteroatoms. The zero-order chi connectivity index (χ0) is 16.0. The summed E-state index contributed by atoms with van der Waals surface area (Å²) in [6.07, 6.45) is 4.43. The summed E-state index contributed by atoms with van der Waals surface area (Å²) in [5.74, 6) is 0.677. The van der Waals surface area contributed by atoms with E-state index < -0.39 is 0 Å². The molecular weight excluding hydrogens is 405 g/mol. The van der Waals surface area contributed by atoms with Gasteiger partial charge < -0.3 is 15.5 Å². The monoisotopic (exact) mass is 431 g/mol. The second kappa shape index (κ2) is 9.05. The maximum Gasteiger partial charge on any atom is 0.246 e. The molecule has 1 amide bonds. The molecule has 1 aliphatic rings. The molecule has 1 aliphatic heterocycles. The highest BCUT2D eigenvalue weighted by atomic mass is 127. The molecule has 0 atom stereocenters. The number of anilines is 1. The van der Waals surface area contributed by atoms with Gasteiger partial charge in [-0.3, -0.25) is 9.78 Å². The summed E-state index contributed by atoms with van der Waals surface area (Å²) >= 11 is 0. The third-order valence-electron chi connectivity index (χ3n) is 3.63. The maximum absolute atomic E-state index is 12.0. The summed E-state index contributed by atoms with van der Waals surface area (Å²) in [5.41, 5.74) is 0.990. The number of carbonyl (C=O) groups is 1. The summed E-state index contributed by atoms with van der Waals surface area (Å²) in [6, 6.07) is 3.60. The normalized spacial score (nSPS) is 16.7. The van der Waals surface area contributed by atoms with Gasteiger partial charge in [0.2, 0.25) is 5.91 Å². The lowest BCUT2D eigenvalue weighted by atomic mass is 9.93. The SMILES string of the molecule is CCNC(=NCC(=O)Nc1cccnc1)N1CCC(C)(C)C1.I. The van der Waals surface area contributed by atoms with Crippen LogP contribution in [0.25, 0.3) is 0 Å². The molecule has 1 aromatic heterocycles. The van der Waals surface area contributed by atoms with Gasteiger partial charge in [-0.05, 0) is 30.9 Å². The lowest BCUT2D eigenvalue weighted by Crippen LogP contribution is -2.41. The summed E-state index contributed by atoms with van der Waals surface area (Å²) in [5, 5.41) is 6.06. The Morgan fingerprint density at radius 3 is 2.83 bits per heavy atom. The number of nitrogens with zero attached hydrogens (tertiary/aromatic N) is 3. The van der Waals surface area contributed by atoms with E-state index in [1.165, 1.54) is 0 Å². The number of aromatic nitrogens is 1. The maximum atomic E-state index is 12.0. The molecule has 1 fully saturated rings. The van der Waals surface area contributed by atoms with Crippen LogP contribution in [0.1, 0.15) is 27.2 Å². The molecule has 6 nitrogen and oxygen atoms in total. The standard InChI is InChI=1S/C16H25N5O.HI/c1-4-18-15(21-9-7-16(2,3)12-21)19-11-14(22)20-13-6-5-8-17-10-13;/h5-6,8,10H,4,7,9,11-12H2,1-3H3,(H,18,19)(H,20,22);1H.